The summed E-state index contributed by atoms with van der Waals surface area (Å²) in [5.74, 6) is -1.60. The maximum atomic E-state index is 11.9. The average molecular weight is 228 g/mol. The number of nitrogens with one attached hydrogen (secondary N) is 1. The van der Waals surface area contributed by atoms with Crippen molar-refractivity contribution in [3.05, 3.63) is 35.9 Å². The summed E-state index contributed by atoms with van der Waals surface area (Å²) in [6.45, 7) is 3.62. The lowest BCUT2D eigenvalue weighted by molar-refractivity contribution is -0.118. The van der Waals surface area contributed by atoms with Crippen LogP contribution < -0.4 is 5.32 Å². The SMILES string of the molecule is Fc1ccccc1F.O=CN1CCNCC1. The quantitative estimate of drug-likeness (QED) is 0.728. The first-order chi connectivity index (χ1) is 7.74. The standard InChI is InChI=1S/C6H4F2.C5H10N2O/c7-5-3-1-2-4-6(5)8;8-5-7-3-1-6-2-4-7/h1-4H;5-6H,1-4H2. The van der Waals surface area contributed by atoms with E-state index in [1.165, 1.54) is 12.1 Å². The summed E-state index contributed by atoms with van der Waals surface area (Å²) in [5.41, 5.74) is 0. The van der Waals surface area contributed by atoms with Crippen LogP contribution in [0.25, 0.3) is 0 Å². The molecule has 1 heterocycles. The van der Waals surface area contributed by atoms with Crippen LogP contribution in [0.3, 0.4) is 0 Å². The molecule has 0 radical (unpaired) electrons. The van der Waals surface area contributed by atoms with Crippen LogP contribution in [0.4, 0.5) is 8.78 Å². The van der Waals surface area contributed by atoms with Gasteiger partial charge in [-0.15, -0.1) is 0 Å². The summed E-state index contributed by atoms with van der Waals surface area (Å²) < 4.78 is 23.9. The molecule has 16 heavy (non-hydrogen) atoms. The van der Waals surface area contributed by atoms with Gasteiger partial charge in [-0.2, -0.15) is 0 Å². The number of rotatable bonds is 1. The predicted molar refractivity (Wildman–Crippen MR) is 56.9 cm³/mol. The first-order valence-corrected chi connectivity index (χ1v) is 5.04. The van der Waals surface area contributed by atoms with Crippen LogP contribution in [0.1, 0.15) is 0 Å². The third-order valence-electron chi connectivity index (χ3n) is 2.13. The molecule has 88 valence electrons. The summed E-state index contributed by atoms with van der Waals surface area (Å²) in [6, 6.07) is 5.04. The second-order valence-corrected chi connectivity index (χ2v) is 3.31. The molecule has 1 aliphatic heterocycles. The Bertz CT molecular complexity index is 307. The van der Waals surface area contributed by atoms with Crippen LogP contribution in [0.15, 0.2) is 24.3 Å². The van der Waals surface area contributed by atoms with Gasteiger partial charge >= 0.3 is 0 Å². The fraction of sp³-hybridized carbons (Fsp3) is 0.364. The first kappa shape index (κ1) is 12.6. The topological polar surface area (TPSA) is 32.3 Å². The molecule has 1 aliphatic rings. The molecule has 1 aromatic carbocycles. The van der Waals surface area contributed by atoms with Gasteiger partial charge in [0.05, 0.1) is 0 Å². The molecule has 1 amide bonds. The minimum Gasteiger partial charge on any atom is -0.343 e. The second kappa shape index (κ2) is 6.90. The number of amides is 1. The zero-order valence-electron chi connectivity index (χ0n) is 8.83. The van der Waals surface area contributed by atoms with E-state index in [1.807, 2.05) is 0 Å². The Morgan fingerprint density at radius 2 is 1.62 bits per heavy atom. The van der Waals surface area contributed by atoms with Gasteiger partial charge in [-0.1, -0.05) is 12.1 Å². The van der Waals surface area contributed by atoms with Gasteiger partial charge in [-0.25, -0.2) is 8.78 Å². The molecule has 0 aliphatic carbocycles. The summed E-state index contributed by atoms with van der Waals surface area (Å²) >= 11 is 0. The smallest absolute Gasteiger partial charge is 0.209 e. The van der Waals surface area contributed by atoms with Gasteiger partial charge in [0.25, 0.3) is 0 Å². The lowest BCUT2D eigenvalue weighted by Crippen LogP contribution is -2.42. The highest BCUT2D eigenvalue weighted by molar-refractivity contribution is 5.47. The number of hydrogen-bond acceptors (Lipinski definition) is 2. The summed E-state index contributed by atoms with van der Waals surface area (Å²) in [7, 11) is 0. The second-order valence-electron chi connectivity index (χ2n) is 3.31. The van der Waals surface area contributed by atoms with E-state index >= 15 is 0 Å². The van der Waals surface area contributed by atoms with Crippen LogP contribution in [-0.4, -0.2) is 37.5 Å². The van der Waals surface area contributed by atoms with Gasteiger partial charge in [-0.05, 0) is 12.1 Å². The molecule has 0 unspecified atom stereocenters. The van der Waals surface area contributed by atoms with E-state index in [4.69, 9.17) is 0 Å². The largest absolute Gasteiger partial charge is 0.343 e. The van der Waals surface area contributed by atoms with Crippen molar-refractivity contribution >= 4 is 6.41 Å². The number of piperazine rings is 1. The summed E-state index contributed by atoms with van der Waals surface area (Å²) in [4.78, 5) is 11.8. The molecule has 1 aromatic rings. The number of carbonyl (C=O) groups excluding carboxylic acids is 1. The maximum Gasteiger partial charge on any atom is 0.209 e. The Kier molecular flexibility index (Phi) is 5.42. The van der Waals surface area contributed by atoms with Crippen molar-refractivity contribution in [2.45, 2.75) is 0 Å². The highest BCUT2D eigenvalue weighted by atomic mass is 19.2. The van der Waals surface area contributed by atoms with Crippen LogP contribution in [0.5, 0.6) is 0 Å². The average Bonchev–Trinajstić information content (AvgIpc) is 2.35. The zero-order chi connectivity index (χ0) is 11.8. The van der Waals surface area contributed by atoms with E-state index in [1.54, 1.807) is 4.90 Å². The molecule has 5 heteroatoms. The molecule has 0 aromatic heterocycles. The van der Waals surface area contributed by atoms with Crippen molar-refractivity contribution in [1.29, 1.82) is 0 Å². The summed E-state index contributed by atoms with van der Waals surface area (Å²) in [6.07, 6.45) is 0.904. The van der Waals surface area contributed by atoms with Crippen molar-refractivity contribution in [2.75, 3.05) is 26.2 Å². The number of benzene rings is 1. The van der Waals surface area contributed by atoms with Gasteiger partial charge < -0.3 is 10.2 Å². The minimum atomic E-state index is -0.799. The third kappa shape index (κ3) is 4.35. The minimum absolute atomic E-state index is 0.799. The van der Waals surface area contributed by atoms with Crippen molar-refractivity contribution in [2.24, 2.45) is 0 Å². The van der Waals surface area contributed by atoms with Gasteiger partial charge in [0.15, 0.2) is 11.6 Å². The van der Waals surface area contributed by atoms with E-state index in [9.17, 15) is 13.6 Å². The molecule has 3 nitrogen and oxygen atoms in total. The Morgan fingerprint density at radius 1 is 1.12 bits per heavy atom. The van der Waals surface area contributed by atoms with Gasteiger partial charge in [-0.3, -0.25) is 4.79 Å². The summed E-state index contributed by atoms with van der Waals surface area (Å²) in [5, 5.41) is 3.15. The number of hydrogen-bond donors (Lipinski definition) is 1. The van der Waals surface area contributed by atoms with Crippen molar-refractivity contribution in [1.82, 2.24) is 10.2 Å². The van der Waals surface area contributed by atoms with Crippen LogP contribution in [-0.2, 0) is 4.79 Å². The molecular weight excluding hydrogens is 214 g/mol. The number of carbonyl (C=O) groups is 1. The Labute approximate surface area is 93.1 Å². The highest BCUT2D eigenvalue weighted by Gasteiger charge is 2.04. The molecule has 1 fully saturated rings. The van der Waals surface area contributed by atoms with Crippen molar-refractivity contribution in [3.63, 3.8) is 0 Å². The van der Waals surface area contributed by atoms with Gasteiger partial charge in [0.2, 0.25) is 6.41 Å². The fourth-order valence-corrected chi connectivity index (χ4v) is 1.23. The van der Waals surface area contributed by atoms with Crippen LogP contribution >= 0.6 is 0 Å². The van der Waals surface area contributed by atoms with E-state index in [0.717, 1.165) is 44.7 Å². The van der Waals surface area contributed by atoms with Crippen molar-refractivity contribution in [3.8, 4) is 0 Å². The lowest BCUT2D eigenvalue weighted by atomic mass is 10.3. The van der Waals surface area contributed by atoms with Crippen LogP contribution in [0.2, 0.25) is 0 Å². The molecule has 0 spiro atoms. The van der Waals surface area contributed by atoms with Gasteiger partial charge in [0.1, 0.15) is 0 Å². The fourth-order valence-electron chi connectivity index (χ4n) is 1.23. The van der Waals surface area contributed by atoms with Gasteiger partial charge in [0, 0.05) is 26.2 Å². The molecule has 0 atom stereocenters. The van der Waals surface area contributed by atoms with Crippen molar-refractivity contribution < 1.29 is 13.6 Å². The lowest BCUT2D eigenvalue weighted by Gasteiger charge is -2.22. The molecule has 0 bridgehead atoms. The van der Waals surface area contributed by atoms with E-state index in [-0.39, 0.29) is 0 Å². The third-order valence-corrected chi connectivity index (χ3v) is 2.13. The maximum absolute atomic E-state index is 11.9. The Balaban J connectivity index is 0.000000160. The number of halogens is 2. The first-order valence-electron chi connectivity index (χ1n) is 5.04. The highest BCUT2D eigenvalue weighted by Crippen LogP contribution is 2.01. The molecule has 1 saturated heterocycles. The normalized spacial score (nSPS) is 15.0. The zero-order valence-corrected chi connectivity index (χ0v) is 8.83. The molecular formula is C11H14F2N2O. The monoisotopic (exact) mass is 228 g/mol. The Morgan fingerprint density at radius 3 is 1.94 bits per heavy atom. The van der Waals surface area contributed by atoms with Crippen LogP contribution in [0, 0.1) is 11.6 Å². The molecule has 1 N–H and O–H groups in total. The van der Waals surface area contributed by atoms with E-state index < -0.39 is 11.6 Å². The van der Waals surface area contributed by atoms with E-state index in [0.29, 0.717) is 0 Å². The Hall–Kier alpha value is -1.49. The molecule has 2 rings (SSSR count). The van der Waals surface area contributed by atoms with E-state index in [2.05, 4.69) is 5.32 Å². The molecule has 0 saturated carbocycles. The predicted octanol–water partition coefficient (Wildman–Crippen LogP) is 1.01. The number of nitrogens with zero attached hydrogens (tertiary/aromatic N) is 1.